The van der Waals surface area contributed by atoms with Crippen molar-refractivity contribution < 1.29 is 4.21 Å². The first-order valence-electron chi connectivity index (χ1n) is 6.26. The summed E-state index contributed by atoms with van der Waals surface area (Å²) in [5.74, 6) is 0. The maximum absolute atomic E-state index is 12.3. The van der Waals surface area contributed by atoms with E-state index in [0.29, 0.717) is 11.4 Å². The van der Waals surface area contributed by atoms with Gasteiger partial charge in [0.1, 0.15) is 0 Å². The van der Waals surface area contributed by atoms with Gasteiger partial charge in [0.2, 0.25) is 0 Å². The van der Waals surface area contributed by atoms with Gasteiger partial charge in [0, 0.05) is 5.02 Å². The van der Waals surface area contributed by atoms with Crippen molar-refractivity contribution in [3.8, 4) is 0 Å². The minimum absolute atomic E-state index is 0.311. The molecule has 1 rings (SSSR count). The minimum atomic E-state index is -1.14. The quantitative estimate of drug-likeness (QED) is 0.812. The SMILES string of the molecule is C=CC[C@](C)(N[S@@](=O)C(C)(C)C)c1ccc(Cl)cc1. The number of hydrogen-bond acceptors (Lipinski definition) is 1. The smallest absolute Gasteiger partial charge is 0.0978 e. The second kappa shape index (κ2) is 6.21. The van der Waals surface area contributed by atoms with Crippen molar-refractivity contribution in [2.75, 3.05) is 0 Å². The van der Waals surface area contributed by atoms with Gasteiger partial charge in [-0.3, -0.25) is 0 Å². The summed E-state index contributed by atoms with van der Waals surface area (Å²) < 4.78 is 15.3. The first kappa shape index (κ1) is 16.4. The summed E-state index contributed by atoms with van der Waals surface area (Å²) in [5, 5.41) is 0.696. The number of nitrogens with one attached hydrogen (secondary N) is 1. The van der Waals surface area contributed by atoms with Crippen LogP contribution in [0.15, 0.2) is 36.9 Å². The molecule has 0 amide bonds. The first-order valence-corrected chi connectivity index (χ1v) is 7.78. The van der Waals surface area contributed by atoms with E-state index in [2.05, 4.69) is 11.3 Å². The Labute approximate surface area is 123 Å². The number of rotatable bonds is 5. The summed E-state index contributed by atoms with van der Waals surface area (Å²) in [6, 6.07) is 7.61. The highest BCUT2D eigenvalue weighted by molar-refractivity contribution is 7.84. The highest BCUT2D eigenvalue weighted by Gasteiger charge is 2.31. The van der Waals surface area contributed by atoms with E-state index in [9.17, 15) is 4.21 Å². The monoisotopic (exact) mass is 299 g/mol. The van der Waals surface area contributed by atoms with Crippen molar-refractivity contribution in [3.05, 3.63) is 47.5 Å². The van der Waals surface area contributed by atoms with Crippen molar-refractivity contribution in [1.29, 1.82) is 0 Å². The molecular weight excluding hydrogens is 278 g/mol. The third-order valence-corrected chi connectivity index (χ3v) is 4.91. The van der Waals surface area contributed by atoms with Gasteiger partial charge in [-0.25, -0.2) is 8.93 Å². The van der Waals surface area contributed by atoms with Crippen LogP contribution in [0.4, 0.5) is 0 Å². The molecule has 19 heavy (non-hydrogen) atoms. The van der Waals surface area contributed by atoms with Gasteiger partial charge < -0.3 is 0 Å². The van der Waals surface area contributed by atoms with Crippen LogP contribution in [0.1, 0.15) is 39.7 Å². The Morgan fingerprint density at radius 3 is 2.21 bits per heavy atom. The molecule has 106 valence electrons. The van der Waals surface area contributed by atoms with Crippen molar-refractivity contribution in [1.82, 2.24) is 4.72 Å². The summed E-state index contributed by atoms with van der Waals surface area (Å²) in [5.41, 5.74) is 0.638. The molecule has 0 aromatic heterocycles. The van der Waals surface area contributed by atoms with Crippen molar-refractivity contribution in [2.45, 2.75) is 44.4 Å². The Hall–Kier alpha value is -0.640. The summed E-state index contributed by atoms with van der Waals surface area (Å²) in [6.07, 6.45) is 2.53. The van der Waals surface area contributed by atoms with E-state index in [1.54, 1.807) is 0 Å². The molecule has 0 aliphatic carbocycles. The summed E-state index contributed by atoms with van der Waals surface area (Å²) in [4.78, 5) is 0. The van der Waals surface area contributed by atoms with Crippen LogP contribution >= 0.6 is 11.6 Å². The Balaban J connectivity index is 3.06. The van der Waals surface area contributed by atoms with Crippen LogP contribution in [0.5, 0.6) is 0 Å². The maximum Gasteiger partial charge on any atom is 0.0978 e. The maximum atomic E-state index is 12.3. The average Bonchev–Trinajstić information content (AvgIpc) is 2.28. The molecule has 1 aromatic carbocycles. The van der Waals surface area contributed by atoms with Gasteiger partial charge >= 0.3 is 0 Å². The van der Waals surface area contributed by atoms with Gasteiger partial charge in [-0.1, -0.05) is 29.8 Å². The van der Waals surface area contributed by atoms with E-state index in [0.717, 1.165) is 5.56 Å². The number of hydrogen-bond donors (Lipinski definition) is 1. The molecule has 2 atom stereocenters. The van der Waals surface area contributed by atoms with Crippen LogP contribution in [-0.2, 0) is 16.5 Å². The lowest BCUT2D eigenvalue weighted by molar-refractivity contribution is 0.446. The first-order chi connectivity index (χ1) is 8.69. The second-order valence-electron chi connectivity index (χ2n) is 5.81. The van der Waals surface area contributed by atoms with Crippen LogP contribution in [0, 0.1) is 0 Å². The van der Waals surface area contributed by atoms with Crippen LogP contribution in [0.3, 0.4) is 0 Å². The fourth-order valence-corrected chi connectivity index (χ4v) is 2.73. The van der Waals surface area contributed by atoms with E-state index in [1.807, 2.05) is 58.0 Å². The van der Waals surface area contributed by atoms with Crippen LogP contribution in [0.2, 0.25) is 5.02 Å². The highest BCUT2D eigenvalue weighted by atomic mass is 35.5. The zero-order valence-corrected chi connectivity index (χ0v) is 13.6. The molecular formula is C15H22ClNOS. The van der Waals surface area contributed by atoms with E-state index < -0.39 is 16.5 Å². The molecule has 1 aromatic rings. The van der Waals surface area contributed by atoms with Crippen LogP contribution in [0.25, 0.3) is 0 Å². The molecule has 0 aliphatic rings. The van der Waals surface area contributed by atoms with Crippen molar-refractivity contribution >= 4 is 22.6 Å². The summed E-state index contributed by atoms with van der Waals surface area (Å²) in [7, 11) is -1.14. The Kier molecular flexibility index (Phi) is 5.36. The molecule has 4 heteroatoms. The molecule has 0 bridgehead atoms. The Morgan fingerprint density at radius 2 is 1.79 bits per heavy atom. The van der Waals surface area contributed by atoms with E-state index in [-0.39, 0.29) is 4.75 Å². The molecule has 0 saturated carbocycles. The minimum Gasteiger partial charge on any atom is -0.242 e. The standard InChI is InChI=1S/C15H22ClNOS/c1-6-11-15(5,17-19(18)14(2,3)4)12-7-9-13(16)10-8-12/h6-10,17H,1,11H2,2-5H3/t15-,19-/m0/s1. The molecule has 0 unspecified atom stereocenters. The number of halogens is 1. The normalized spacial score (nSPS) is 16.7. The van der Waals surface area contributed by atoms with Gasteiger partial charge in [0.15, 0.2) is 0 Å². The van der Waals surface area contributed by atoms with Gasteiger partial charge in [-0.15, -0.1) is 6.58 Å². The largest absolute Gasteiger partial charge is 0.242 e. The summed E-state index contributed by atoms with van der Waals surface area (Å²) in [6.45, 7) is 11.7. The third kappa shape index (κ3) is 4.44. The van der Waals surface area contributed by atoms with Gasteiger partial charge in [0.25, 0.3) is 0 Å². The number of benzene rings is 1. The van der Waals surface area contributed by atoms with Gasteiger partial charge in [-0.05, 0) is 51.8 Å². The van der Waals surface area contributed by atoms with Crippen molar-refractivity contribution in [3.63, 3.8) is 0 Å². The molecule has 2 nitrogen and oxygen atoms in total. The lowest BCUT2D eigenvalue weighted by Crippen LogP contribution is -2.45. The Bertz CT molecular complexity index is 464. The molecule has 0 aliphatic heterocycles. The van der Waals surface area contributed by atoms with Gasteiger partial charge in [-0.2, -0.15) is 0 Å². The highest BCUT2D eigenvalue weighted by Crippen LogP contribution is 2.28. The molecule has 0 radical (unpaired) electrons. The zero-order valence-electron chi connectivity index (χ0n) is 12.0. The van der Waals surface area contributed by atoms with E-state index in [1.165, 1.54) is 0 Å². The molecule has 0 saturated heterocycles. The molecule has 0 fully saturated rings. The lowest BCUT2D eigenvalue weighted by Gasteiger charge is -2.33. The van der Waals surface area contributed by atoms with Crippen LogP contribution < -0.4 is 4.72 Å². The Morgan fingerprint density at radius 1 is 1.26 bits per heavy atom. The van der Waals surface area contributed by atoms with Crippen molar-refractivity contribution in [2.24, 2.45) is 0 Å². The molecule has 0 heterocycles. The topological polar surface area (TPSA) is 29.1 Å². The van der Waals surface area contributed by atoms with Gasteiger partial charge in [0.05, 0.1) is 21.3 Å². The third-order valence-electron chi connectivity index (χ3n) is 2.91. The predicted octanol–water partition coefficient (Wildman–Crippen LogP) is 4.18. The molecule has 1 N–H and O–H groups in total. The fourth-order valence-electron chi connectivity index (χ4n) is 1.68. The second-order valence-corrected chi connectivity index (χ2v) is 8.22. The lowest BCUT2D eigenvalue weighted by atomic mass is 9.90. The van der Waals surface area contributed by atoms with Crippen LogP contribution in [-0.4, -0.2) is 8.96 Å². The molecule has 0 spiro atoms. The van der Waals surface area contributed by atoms with E-state index >= 15 is 0 Å². The predicted molar refractivity (Wildman–Crippen MR) is 84.6 cm³/mol. The summed E-state index contributed by atoms with van der Waals surface area (Å²) >= 11 is 5.92. The fraction of sp³-hybridized carbons (Fsp3) is 0.467. The van der Waals surface area contributed by atoms with E-state index in [4.69, 9.17) is 11.6 Å². The average molecular weight is 300 g/mol. The zero-order chi connectivity index (χ0) is 14.7.